The molecule has 2 amide bonds. The van der Waals surface area contributed by atoms with Gasteiger partial charge in [0, 0.05) is 33.2 Å². The maximum atomic E-state index is 13.2. The molecule has 0 aliphatic heterocycles. The average Bonchev–Trinajstić information content (AvgIpc) is 4.03. The number of halogens is 2. The fourth-order valence-electron chi connectivity index (χ4n) is 8.35. The van der Waals surface area contributed by atoms with Crippen molar-refractivity contribution in [2.45, 2.75) is 52.6 Å². The normalized spacial score (nSPS) is 11.9. The smallest absolute Gasteiger partial charge is 0.326 e. The molecule has 8 rings (SSSR count). The zero-order valence-electron chi connectivity index (χ0n) is 41.7. The van der Waals surface area contributed by atoms with Crippen LogP contribution >= 0.6 is 23.2 Å². The topological polar surface area (TPSA) is 231 Å². The minimum Gasteiger partial charge on any atom is -0.496 e. The first kappa shape index (κ1) is 53.6. The van der Waals surface area contributed by atoms with Crippen LogP contribution in [0.1, 0.15) is 61.5 Å². The Morgan fingerprint density at radius 1 is 0.541 bits per heavy atom. The van der Waals surface area contributed by atoms with E-state index in [1.54, 1.807) is 135 Å². The molecule has 4 aromatic heterocycles. The number of carbonyl (C=O) groups excluding carboxylic acids is 2. The molecule has 0 fully saturated rings. The van der Waals surface area contributed by atoms with Crippen LogP contribution in [0.3, 0.4) is 0 Å². The number of nitrogens with one attached hydrogen (secondary N) is 2. The Bertz CT molecular complexity index is 3110. The molecule has 0 saturated carbocycles. The Morgan fingerprint density at radius 2 is 0.892 bits per heavy atom. The molecule has 20 heteroatoms. The second-order valence-electron chi connectivity index (χ2n) is 17.7. The quantitative estimate of drug-likeness (QED) is 0.0627. The number of carboxylic acid groups (broad SMARTS) is 2. The molecule has 0 bridgehead atoms. The van der Waals surface area contributed by atoms with Gasteiger partial charge in [-0.1, -0.05) is 63.0 Å². The molecule has 384 valence electrons. The van der Waals surface area contributed by atoms with Crippen LogP contribution in [0.15, 0.2) is 109 Å². The third-order valence-electron chi connectivity index (χ3n) is 11.7. The number of aliphatic carboxylic acids is 2. The number of nitrogens with zero attached hydrogens (tertiary/aromatic N) is 6. The lowest BCUT2D eigenvalue weighted by Gasteiger charge is -2.15. The van der Waals surface area contributed by atoms with E-state index in [-0.39, 0.29) is 36.1 Å². The van der Waals surface area contributed by atoms with Crippen molar-refractivity contribution in [1.82, 2.24) is 40.2 Å². The Morgan fingerprint density at radius 3 is 1.20 bits per heavy atom. The summed E-state index contributed by atoms with van der Waals surface area (Å²) >= 11 is 12.4. The van der Waals surface area contributed by atoms with Gasteiger partial charge in [0.1, 0.15) is 35.1 Å². The molecule has 0 unspecified atom stereocenters. The first-order valence-corrected chi connectivity index (χ1v) is 24.0. The molecule has 8 aromatic rings. The van der Waals surface area contributed by atoms with Gasteiger partial charge in [0.05, 0.1) is 73.4 Å². The Labute approximate surface area is 436 Å². The highest BCUT2D eigenvalue weighted by molar-refractivity contribution is 6.31. The molecule has 2 atom stereocenters. The molecule has 0 radical (unpaired) electrons. The van der Waals surface area contributed by atoms with Gasteiger partial charge in [-0.25, -0.2) is 19.0 Å². The molecule has 0 spiro atoms. The van der Waals surface area contributed by atoms with Gasteiger partial charge in [0.15, 0.2) is 11.4 Å². The first-order chi connectivity index (χ1) is 35.5. The number of hydrogen-bond acceptors (Lipinski definition) is 12. The number of benzene rings is 4. The van der Waals surface area contributed by atoms with Crippen LogP contribution in [0, 0.1) is 11.8 Å². The monoisotopic (exact) mass is 1040 g/mol. The molecule has 4 heterocycles. The highest BCUT2D eigenvalue weighted by Gasteiger charge is 2.29. The Balaban J connectivity index is 0.000000216. The number of pyridine rings is 2. The summed E-state index contributed by atoms with van der Waals surface area (Å²) in [4.78, 5) is 58.8. The van der Waals surface area contributed by atoms with Crippen LogP contribution in [0.4, 0.5) is 0 Å². The predicted molar refractivity (Wildman–Crippen MR) is 282 cm³/mol. The second-order valence-corrected chi connectivity index (χ2v) is 18.6. The lowest BCUT2D eigenvalue weighted by molar-refractivity contribution is -0.140. The van der Waals surface area contributed by atoms with E-state index in [0.717, 1.165) is 10.8 Å². The van der Waals surface area contributed by atoms with Gasteiger partial charge in [-0.05, 0) is 110 Å². The average molecular weight is 1050 g/mol. The number of methoxy groups -OCH3 is 4. The summed E-state index contributed by atoms with van der Waals surface area (Å²) in [5, 5.41) is 36.2. The van der Waals surface area contributed by atoms with Gasteiger partial charge >= 0.3 is 11.9 Å². The number of ether oxygens (including phenoxy) is 4. The summed E-state index contributed by atoms with van der Waals surface area (Å²) in [6.45, 7) is 7.57. The van der Waals surface area contributed by atoms with Crippen molar-refractivity contribution in [3.63, 3.8) is 0 Å². The van der Waals surface area contributed by atoms with Gasteiger partial charge in [-0.3, -0.25) is 19.6 Å². The van der Waals surface area contributed by atoms with Gasteiger partial charge in [-0.2, -0.15) is 10.2 Å². The summed E-state index contributed by atoms with van der Waals surface area (Å²) in [6.07, 6.45) is 3.82. The number of amides is 2. The molecule has 74 heavy (non-hydrogen) atoms. The van der Waals surface area contributed by atoms with Crippen molar-refractivity contribution < 1.29 is 48.3 Å². The van der Waals surface area contributed by atoms with Crippen molar-refractivity contribution in [2.24, 2.45) is 11.8 Å². The number of carboxylic acids is 2. The zero-order chi connectivity index (χ0) is 53.4. The number of fused-ring (bicyclic) bond motifs is 2. The van der Waals surface area contributed by atoms with Crippen LogP contribution in [-0.2, 0) is 9.59 Å². The fourth-order valence-corrected chi connectivity index (χ4v) is 8.68. The van der Waals surface area contributed by atoms with E-state index in [2.05, 4.69) is 30.8 Å². The van der Waals surface area contributed by atoms with Crippen LogP contribution < -0.4 is 29.6 Å². The van der Waals surface area contributed by atoms with E-state index in [1.807, 2.05) is 39.8 Å². The van der Waals surface area contributed by atoms with Gasteiger partial charge < -0.3 is 39.8 Å². The molecule has 4 N–H and O–H groups in total. The summed E-state index contributed by atoms with van der Waals surface area (Å²) in [5.41, 5.74) is 4.83. The maximum absolute atomic E-state index is 13.2. The third-order valence-corrected chi connectivity index (χ3v) is 12.2. The Kier molecular flexibility index (Phi) is 17.1. The highest BCUT2D eigenvalue weighted by atomic mass is 35.5. The van der Waals surface area contributed by atoms with Crippen LogP contribution in [-0.4, -0.2) is 104 Å². The summed E-state index contributed by atoms with van der Waals surface area (Å²) in [6, 6.07) is 26.0. The van der Waals surface area contributed by atoms with Crippen molar-refractivity contribution in [3.05, 3.63) is 131 Å². The van der Waals surface area contributed by atoms with Crippen LogP contribution in [0.5, 0.6) is 23.0 Å². The zero-order valence-corrected chi connectivity index (χ0v) is 43.2. The Hall–Kier alpha value is -8.22. The van der Waals surface area contributed by atoms with Crippen molar-refractivity contribution in [3.8, 4) is 56.9 Å². The minimum absolute atomic E-state index is 0.0388. The van der Waals surface area contributed by atoms with Gasteiger partial charge in [0.2, 0.25) is 0 Å². The SMILES string of the molecule is COc1cccc(OC)c1-c1cc(C(=O)N[C@@H](CC(C)C)C(=O)O)nn1-c1ccnc2cc(Cl)ccc12.COc1cccc(OC)c1-c1cc(C(=O)N[C@@H](CC(C)C)C(=O)O)nn1-c1ccnc2cc(Cl)ccc12. The van der Waals surface area contributed by atoms with Crippen molar-refractivity contribution in [1.29, 1.82) is 0 Å². The molecule has 0 saturated heterocycles. The number of rotatable bonds is 18. The lowest BCUT2D eigenvalue weighted by Crippen LogP contribution is -2.41. The number of aromatic nitrogens is 6. The summed E-state index contributed by atoms with van der Waals surface area (Å²) in [7, 11) is 6.17. The minimum atomic E-state index is -1.11. The largest absolute Gasteiger partial charge is 0.496 e. The predicted octanol–water partition coefficient (Wildman–Crippen LogP) is 9.97. The van der Waals surface area contributed by atoms with E-state index in [0.29, 0.717) is 78.0 Å². The molecular formula is C54H54Cl2N8O10. The summed E-state index contributed by atoms with van der Waals surface area (Å²) < 4.78 is 25.7. The fraction of sp³-hybridized carbons (Fsp3) is 0.259. The van der Waals surface area contributed by atoms with E-state index in [4.69, 9.17) is 42.1 Å². The molecule has 0 aliphatic carbocycles. The first-order valence-electron chi connectivity index (χ1n) is 23.3. The van der Waals surface area contributed by atoms with Crippen molar-refractivity contribution >= 4 is 68.8 Å². The van der Waals surface area contributed by atoms with Gasteiger partial charge in [0.25, 0.3) is 11.8 Å². The van der Waals surface area contributed by atoms with E-state index < -0.39 is 35.8 Å². The van der Waals surface area contributed by atoms with Crippen molar-refractivity contribution in [2.75, 3.05) is 28.4 Å². The number of hydrogen-bond donors (Lipinski definition) is 4. The van der Waals surface area contributed by atoms with Crippen LogP contribution in [0.2, 0.25) is 10.0 Å². The molecule has 4 aromatic carbocycles. The van der Waals surface area contributed by atoms with E-state index in [9.17, 15) is 29.4 Å². The maximum Gasteiger partial charge on any atom is 0.326 e. The highest BCUT2D eigenvalue weighted by Crippen LogP contribution is 2.42. The van der Waals surface area contributed by atoms with Gasteiger partial charge in [-0.15, -0.1) is 0 Å². The standard InChI is InChI=1S/2C27H27ClN4O5/c2*1-15(2)12-20(27(34)35)30-26(33)19-14-22(25-23(36-3)6-5-7-24(25)37-4)32(31-19)21-10-11-29-18-13-16(28)8-9-17(18)21/h2*5-11,13-15,20H,12H2,1-4H3,(H,30,33)(H,34,35)/t2*20-/m00/s1. The molecule has 18 nitrogen and oxygen atoms in total. The molecule has 0 aliphatic rings. The summed E-state index contributed by atoms with van der Waals surface area (Å²) in [5.74, 6) is -1.24. The second kappa shape index (κ2) is 23.6. The third kappa shape index (κ3) is 11.8. The van der Waals surface area contributed by atoms with E-state index >= 15 is 0 Å². The van der Waals surface area contributed by atoms with E-state index in [1.165, 1.54) is 0 Å². The molecular weight excluding hydrogens is 992 g/mol. The number of carbonyl (C=O) groups is 4. The lowest BCUT2D eigenvalue weighted by atomic mass is 10.0. The van der Waals surface area contributed by atoms with Crippen LogP contribution in [0.25, 0.3) is 55.7 Å².